The molecule has 0 saturated heterocycles. The van der Waals surface area contributed by atoms with Gasteiger partial charge in [0, 0.05) is 12.6 Å². The summed E-state index contributed by atoms with van der Waals surface area (Å²) in [6, 6.07) is 0.825. The van der Waals surface area contributed by atoms with Crippen LogP contribution in [0.3, 0.4) is 0 Å². The van der Waals surface area contributed by atoms with Crippen molar-refractivity contribution in [3.63, 3.8) is 0 Å². The zero-order valence-corrected chi connectivity index (χ0v) is 9.34. The van der Waals surface area contributed by atoms with Crippen LogP contribution in [0.15, 0.2) is 0 Å². The predicted molar refractivity (Wildman–Crippen MR) is 57.7 cm³/mol. The Labute approximate surface area is 82.5 Å². The molecule has 2 N–H and O–H groups in total. The summed E-state index contributed by atoms with van der Waals surface area (Å²) < 4.78 is 0. The topological polar surface area (TPSA) is 29.3 Å². The molecule has 0 bridgehead atoms. The molecule has 2 nitrogen and oxygen atoms in total. The summed E-state index contributed by atoms with van der Waals surface area (Å²) in [4.78, 5) is 2.50. The summed E-state index contributed by atoms with van der Waals surface area (Å²) in [5, 5.41) is 0. The number of hydrogen-bond acceptors (Lipinski definition) is 2. The highest BCUT2D eigenvalue weighted by molar-refractivity contribution is 4.80. The lowest BCUT2D eigenvalue weighted by Gasteiger charge is -2.32. The minimum absolute atomic E-state index is 0.275. The van der Waals surface area contributed by atoms with Gasteiger partial charge in [-0.15, -0.1) is 0 Å². The van der Waals surface area contributed by atoms with Gasteiger partial charge >= 0.3 is 0 Å². The van der Waals surface area contributed by atoms with Gasteiger partial charge in [0.05, 0.1) is 0 Å². The highest BCUT2D eigenvalue weighted by atomic mass is 15.1. The third kappa shape index (κ3) is 3.28. The molecule has 78 valence electrons. The SMILES string of the molecule is CN(CC(C)(C)CN)C1CCCC1. The van der Waals surface area contributed by atoms with Crippen LogP contribution in [0.1, 0.15) is 39.5 Å². The van der Waals surface area contributed by atoms with E-state index >= 15 is 0 Å². The fourth-order valence-corrected chi connectivity index (χ4v) is 2.21. The van der Waals surface area contributed by atoms with E-state index in [0.717, 1.165) is 19.1 Å². The van der Waals surface area contributed by atoms with Gasteiger partial charge < -0.3 is 10.6 Å². The van der Waals surface area contributed by atoms with Crippen molar-refractivity contribution in [1.82, 2.24) is 4.90 Å². The van der Waals surface area contributed by atoms with Gasteiger partial charge in [0.25, 0.3) is 0 Å². The molecule has 1 fully saturated rings. The fourth-order valence-electron chi connectivity index (χ4n) is 2.21. The normalized spacial score (nSPS) is 20.1. The number of nitrogens with two attached hydrogens (primary N) is 1. The van der Waals surface area contributed by atoms with E-state index in [4.69, 9.17) is 5.73 Å². The summed E-state index contributed by atoms with van der Waals surface area (Å²) in [5.41, 5.74) is 6.00. The fraction of sp³-hybridized carbons (Fsp3) is 1.00. The number of hydrogen-bond donors (Lipinski definition) is 1. The third-order valence-corrected chi connectivity index (χ3v) is 3.18. The molecule has 13 heavy (non-hydrogen) atoms. The maximum Gasteiger partial charge on any atom is 0.00924 e. The Hall–Kier alpha value is -0.0800. The molecule has 2 heteroatoms. The van der Waals surface area contributed by atoms with Crippen molar-refractivity contribution in [1.29, 1.82) is 0 Å². The van der Waals surface area contributed by atoms with Crippen LogP contribution >= 0.6 is 0 Å². The molecule has 1 aliphatic rings. The van der Waals surface area contributed by atoms with Crippen LogP contribution in [0.25, 0.3) is 0 Å². The molecule has 0 aromatic heterocycles. The molecule has 0 amide bonds. The van der Waals surface area contributed by atoms with Crippen LogP contribution in [-0.2, 0) is 0 Å². The Morgan fingerprint density at radius 1 is 1.31 bits per heavy atom. The van der Waals surface area contributed by atoms with E-state index in [0.29, 0.717) is 0 Å². The first kappa shape index (κ1) is 11.0. The van der Waals surface area contributed by atoms with Gasteiger partial charge in [0.15, 0.2) is 0 Å². The highest BCUT2D eigenvalue weighted by Gasteiger charge is 2.24. The van der Waals surface area contributed by atoms with Crippen LogP contribution in [-0.4, -0.2) is 31.1 Å². The predicted octanol–water partition coefficient (Wildman–Crippen LogP) is 1.85. The molecule has 0 unspecified atom stereocenters. The summed E-state index contributed by atoms with van der Waals surface area (Å²) >= 11 is 0. The van der Waals surface area contributed by atoms with Gasteiger partial charge in [-0.05, 0) is 31.8 Å². The van der Waals surface area contributed by atoms with Crippen LogP contribution in [0.4, 0.5) is 0 Å². The Morgan fingerprint density at radius 2 is 1.85 bits per heavy atom. The Morgan fingerprint density at radius 3 is 2.31 bits per heavy atom. The smallest absolute Gasteiger partial charge is 0.00924 e. The quantitative estimate of drug-likeness (QED) is 0.722. The van der Waals surface area contributed by atoms with Crippen molar-refractivity contribution < 1.29 is 0 Å². The van der Waals surface area contributed by atoms with Gasteiger partial charge in [-0.25, -0.2) is 0 Å². The van der Waals surface area contributed by atoms with Crippen molar-refractivity contribution in [2.45, 2.75) is 45.6 Å². The second kappa shape index (κ2) is 4.43. The van der Waals surface area contributed by atoms with E-state index < -0.39 is 0 Å². The second-order valence-corrected chi connectivity index (χ2v) is 5.22. The van der Waals surface area contributed by atoms with Crippen LogP contribution in [0.5, 0.6) is 0 Å². The van der Waals surface area contributed by atoms with E-state index in [2.05, 4.69) is 25.8 Å². The van der Waals surface area contributed by atoms with Gasteiger partial charge in [-0.2, -0.15) is 0 Å². The Bertz CT molecular complexity index is 148. The summed E-state index contributed by atoms with van der Waals surface area (Å²) in [6.45, 7) is 6.41. The largest absolute Gasteiger partial charge is 0.330 e. The van der Waals surface area contributed by atoms with Crippen molar-refractivity contribution in [2.24, 2.45) is 11.1 Å². The molecule has 0 spiro atoms. The highest BCUT2D eigenvalue weighted by Crippen LogP contribution is 2.25. The van der Waals surface area contributed by atoms with Crippen LogP contribution in [0, 0.1) is 5.41 Å². The van der Waals surface area contributed by atoms with E-state index in [1.54, 1.807) is 0 Å². The lowest BCUT2D eigenvalue weighted by atomic mass is 9.92. The second-order valence-electron chi connectivity index (χ2n) is 5.22. The first-order valence-corrected chi connectivity index (χ1v) is 5.45. The van der Waals surface area contributed by atoms with E-state index in [1.165, 1.54) is 25.7 Å². The Kier molecular flexibility index (Phi) is 3.74. The maximum absolute atomic E-state index is 5.73. The summed E-state index contributed by atoms with van der Waals surface area (Å²) in [7, 11) is 2.24. The molecule has 0 heterocycles. The van der Waals surface area contributed by atoms with Gasteiger partial charge in [-0.1, -0.05) is 26.7 Å². The molecule has 0 aromatic carbocycles. The Balaban J connectivity index is 2.35. The van der Waals surface area contributed by atoms with E-state index in [9.17, 15) is 0 Å². The van der Waals surface area contributed by atoms with Crippen molar-refractivity contribution >= 4 is 0 Å². The standard InChI is InChI=1S/C11H24N2/c1-11(2,8-12)9-13(3)10-6-4-5-7-10/h10H,4-9,12H2,1-3H3. The number of nitrogens with zero attached hydrogens (tertiary/aromatic N) is 1. The third-order valence-electron chi connectivity index (χ3n) is 3.18. The molecular formula is C11H24N2. The van der Waals surface area contributed by atoms with Crippen molar-refractivity contribution in [3.05, 3.63) is 0 Å². The monoisotopic (exact) mass is 184 g/mol. The molecule has 1 rings (SSSR count). The van der Waals surface area contributed by atoms with Gasteiger partial charge in [0.2, 0.25) is 0 Å². The van der Waals surface area contributed by atoms with Crippen molar-refractivity contribution in [2.75, 3.05) is 20.1 Å². The lowest BCUT2D eigenvalue weighted by Crippen LogP contribution is -2.40. The molecule has 0 atom stereocenters. The summed E-state index contributed by atoms with van der Waals surface area (Å²) in [5.74, 6) is 0. The number of rotatable bonds is 4. The van der Waals surface area contributed by atoms with E-state index in [1.807, 2.05) is 0 Å². The molecular weight excluding hydrogens is 160 g/mol. The van der Waals surface area contributed by atoms with Gasteiger partial charge in [-0.3, -0.25) is 0 Å². The molecule has 1 saturated carbocycles. The van der Waals surface area contributed by atoms with Crippen LogP contribution < -0.4 is 5.73 Å². The molecule has 1 aliphatic carbocycles. The molecule has 0 aliphatic heterocycles. The molecule has 0 aromatic rings. The van der Waals surface area contributed by atoms with E-state index in [-0.39, 0.29) is 5.41 Å². The van der Waals surface area contributed by atoms with Crippen LogP contribution in [0.2, 0.25) is 0 Å². The zero-order valence-electron chi connectivity index (χ0n) is 9.34. The lowest BCUT2D eigenvalue weighted by molar-refractivity contribution is 0.166. The zero-order chi connectivity index (χ0) is 9.90. The first-order chi connectivity index (χ1) is 6.05. The minimum atomic E-state index is 0.275. The maximum atomic E-state index is 5.73. The van der Waals surface area contributed by atoms with Gasteiger partial charge in [0.1, 0.15) is 0 Å². The van der Waals surface area contributed by atoms with Crippen molar-refractivity contribution in [3.8, 4) is 0 Å². The summed E-state index contributed by atoms with van der Waals surface area (Å²) in [6.07, 6.45) is 5.60. The average molecular weight is 184 g/mol. The molecule has 0 radical (unpaired) electrons. The minimum Gasteiger partial charge on any atom is -0.330 e. The average Bonchev–Trinajstić information content (AvgIpc) is 2.55. The first-order valence-electron chi connectivity index (χ1n) is 5.45.